The molecule has 3 heterocycles. The third-order valence-corrected chi connectivity index (χ3v) is 6.05. The minimum absolute atomic E-state index is 0.410. The van der Waals surface area contributed by atoms with Gasteiger partial charge in [-0.1, -0.05) is 0 Å². The zero-order chi connectivity index (χ0) is 21.3. The quantitative estimate of drug-likeness (QED) is 0.329. The van der Waals surface area contributed by atoms with Gasteiger partial charge in [-0.05, 0) is 50.3 Å². The molecule has 3 aromatic rings. The van der Waals surface area contributed by atoms with Crippen LogP contribution in [0.15, 0.2) is 49.6 Å². The summed E-state index contributed by atoms with van der Waals surface area (Å²) < 4.78 is 21.7. The van der Waals surface area contributed by atoms with Crippen LogP contribution in [0.25, 0.3) is 0 Å². The number of hydrogen-bond acceptors (Lipinski definition) is 9. The highest BCUT2D eigenvalue weighted by molar-refractivity contribution is 9.10. The summed E-state index contributed by atoms with van der Waals surface area (Å²) in [5.74, 6) is 1.44. The van der Waals surface area contributed by atoms with Gasteiger partial charge in [0.05, 0.1) is 18.0 Å². The van der Waals surface area contributed by atoms with Gasteiger partial charge in [0.25, 0.3) is 0 Å². The van der Waals surface area contributed by atoms with E-state index in [2.05, 4.69) is 15.9 Å². The van der Waals surface area contributed by atoms with Crippen molar-refractivity contribution >= 4 is 61.8 Å². The zero-order valence-corrected chi connectivity index (χ0v) is 20.2. The van der Waals surface area contributed by atoms with E-state index < -0.39 is 7.12 Å². The Hall–Kier alpha value is -0.915. The normalized spacial score (nSPS) is 9.69. The van der Waals surface area contributed by atoms with Gasteiger partial charge in [-0.3, -0.25) is 0 Å². The second kappa shape index (κ2) is 16.8. The van der Waals surface area contributed by atoms with Crippen molar-refractivity contribution in [1.29, 1.82) is 0 Å². The molecule has 0 saturated heterocycles. The third-order valence-electron chi connectivity index (χ3n) is 2.97. The van der Waals surface area contributed by atoms with E-state index in [0.29, 0.717) is 37.0 Å². The molecule has 0 bridgehead atoms. The molecular weight excluding hydrogens is 499 g/mol. The van der Waals surface area contributed by atoms with Crippen molar-refractivity contribution in [2.75, 3.05) is 40.6 Å². The molecule has 0 amide bonds. The van der Waals surface area contributed by atoms with Gasteiger partial charge in [0, 0.05) is 29.5 Å². The molecule has 3 rings (SSSR count). The van der Waals surface area contributed by atoms with Crippen LogP contribution in [0.3, 0.4) is 0 Å². The Morgan fingerprint density at radius 2 is 1.52 bits per heavy atom. The molecule has 11 heteroatoms. The van der Waals surface area contributed by atoms with E-state index in [1.54, 1.807) is 48.3 Å². The molecule has 0 radical (unpaired) electrons. The van der Waals surface area contributed by atoms with E-state index in [1.807, 2.05) is 33.7 Å². The van der Waals surface area contributed by atoms with E-state index in [4.69, 9.17) is 29.0 Å². The van der Waals surface area contributed by atoms with Crippen LogP contribution >= 0.6 is 49.9 Å². The fourth-order valence-corrected chi connectivity index (χ4v) is 4.09. The molecule has 0 aliphatic carbocycles. The molecule has 0 unspecified atom stereocenters. The van der Waals surface area contributed by atoms with Crippen molar-refractivity contribution in [2.45, 2.75) is 0 Å². The van der Waals surface area contributed by atoms with E-state index in [0.717, 1.165) is 5.75 Å². The smallest absolute Gasteiger partial charge is 0.491 e. The summed E-state index contributed by atoms with van der Waals surface area (Å²) in [6.45, 7) is 2.17. The minimum atomic E-state index is -1.46. The van der Waals surface area contributed by atoms with Gasteiger partial charge in [0.2, 0.25) is 0 Å². The lowest BCUT2D eigenvalue weighted by Crippen LogP contribution is -2.28. The van der Waals surface area contributed by atoms with Gasteiger partial charge in [-0.15, -0.1) is 22.7 Å². The molecule has 160 valence electrons. The molecule has 0 spiro atoms. The van der Waals surface area contributed by atoms with Gasteiger partial charge < -0.3 is 29.0 Å². The maximum atomic E-state index is 8.90. The summed E-state index contributed by atoms with van der Waals surface area (Å²) in [5, 5.41) is 27.6. The number of halogens is 1. The molecule has 0 atom stereocenters. The van der Waals surface area contributed by atoms with Crippen molar-refractivity contribution in [2.24, 2.45) is 0 Å². The summed E-state index contributed by atoms with van der Waals surface area (Å²) in [7, 11) is 1.79. The van der Waals surface area contributed by atoms with Crippen LogP contribution in [0.5, 0.6) is 11.5 Å². The Labute approximate surface area is 191 Å². The second-order valence-corrected chi connectivity index (χ2v) is 8.53. The number of methoxy groups -OCH3 is 2. The molecule has 0 fully saturated rings. The molecule has 0 aromatic carbocycles. The summed E-state index contributed by atoms with van der Waals surface area (Å²) in [6.07, 6.45) is 0. The largest absolute Gasteiger partial charge is 0.502 e. The highest BCUT2D eigenvalue weighted by Gasteiger charge is 2.18. The number of rotatable bonds is 9. The van der Waals surface area contributed by atoms with Crippen LogP contribution in [0.2, 0.25) is 0 Å². The molecule has 3 aromatic heterocycles. The Bertz CT molecular complexity index is 722. The molecule has 0 aliphatic heterocycles. The van der Waals surface area contributed by atoms with Gasteiger partial charge in [0.1, 0.15) is 24.7 Å². The van der Waals surface area contributed by atoms with E-state index >= 15 is 0 Å². The molecular formula is C18H24BBrO6S3. The van der Waals surface area contributed by atoms with E-state index in [-0.39, 0.29) is 0 Å². The van der Waals surface area contributed by atoms with E-state index in [1.165, 1.54) is 15.8 Å². The number of thiophene rings is 3. The van der Waals surface area contributed by atoms with Crippen LogP contribution in [0.1, 0.15) is 0 Å². The van der Waals surface area contributed by atoms with Gasteiger partial charge in [-0.2, -0.15) is 11.3 Å². The van der Waals surface area contributed by atoms with Gasteiger partial charge >= 0.3 is 7.12 Å². The standard InChI is InChI=1S/C7H11BO4S.C7H10O2S.C4H3BrS/c1-11-3-4-12-6-2-5-13-7(6)8(9)10;1-8-3-4-9-7-2-5-10-6-7;5-4-1-2-6-3-4/h2,5,9-10H,3-4H2,1H3;2,5-6H,3-4H2,1H3;1-3H. The van der Waals surface area contributed by atoms with Crippen LogP contribution in [0.4, 0.5) is 0 Å². The third kappa shape index (κ3) is 12.4. The minimum Gasteiger partial charge on any atom is -0.491 e. The summed E-state index contributed by atoms with van der Waals surface area (Å²) in [4.78, 5) is 0. The van der Waals surface area contributed by atoms with Crippen LogP contribution < -0.4 is 14.3 Å². The van der Waals surface area contributed by atoms with Crippen molar-refractivity contribution in [1.82, 2.24) is 0 Å². The first-order valence-electron chi connectivity index (χ1n) is 8.45. The maximum Gasteiger partial charge on any atom is 0.502 e. The number of ether oxygens (including phenoxy) is 4. The first-order chi connectivity index (χ1) is 14.1. The Morgan fingerprint density at radius 3 is 2.00 bits per heavy atom. The fourth-order valence-electron chi connectivity index (χ4n) is 1.68. The molecule has 0 aliphatic rings. The van der Waals surface area contributed by atoms with Crippen molar-refractivity contribution in [3.63, 3.8) is 0 Å². The molecule has 6 nitrogen and oxygen atoms in total. The predicted octanol–water partition coefficient (Wildman–Crippen LogP) is 3.74. The lowest BCUT2D eigenvalue weighted by molar-refractivity contribution is 0.146. The van der Waals surface area contributed by atoms with Crippen LogP contribution in [0, 0.1) is 0 Å². The average molecular weight is 523 g/mol. The lowest BCUT2D eigenvalue weighted by atomic mass is 9.89. The average Bonchev–Trinajstić information content (AvgIpc) is 3.46. The molecule has 0 saturated carbocycles. The molecule has 2 N–H and O–H groups in total. The van der Waals surface area contributed by atoms with Gasteiger partial charge in [-0.25, -0.2) is 0 Å². The summed E-state index contributed by atoms with van der Waals surface area (Å²) in [6, 6.07) is 5.67. The van der Waals surface area contributed by atoms with Crippen LogP contribution in [-0.2, 0) is 9.47 Å². The highest BCUT2D eigenvalue weighted by atomic mass is 79.9. The Balaban J connectivity index is 0.000000232. The van der Waals surface area contributed by atoms with Gasteiger partial charge in [0.15, 0.2) is 0 Å². The fraction of sp³-hybridized carbons (Fsp3) is 0.333. The van der Waals surface area contributed by atoms with Crippen molar-refractivity contribution < 1.29 is 29.0 Å². The topological polar surface area (TPSA) is 77.4 Å². The van der Waals surface area contributed by atoms with Crippen LogP contribution in [-0.4, -0.2) is 57.8 Å². The monoisotopic (exact) mass is 522 g/mol. The summed E-state index contributed by atoms with van der Waals surface area (Å²) in [5.41, 5.74) is 0. The first-order valence-corrected chi connectivity index (χ1v) is 12.0. The zero-order valence-electron chi connectivity index (χ0n) is 16.2. The van der Waals surface area contributed by atoms with Crippen molar-refractivity contribution in [3.8, 4) is 11.5 Å². The number of hydrogen-bond donors (Lipinski definition) is 2. The second-order valence-electron chi connectivity index (χ2n) is 5.11. The van der Waals surface area contributed by atoms with E-state index in [9.17, 15) is 0 Å². The Morgan fingerprint density at radius 1 is 0.862 bits per heavy atom. The SMILES string of the molecule is Brc1ccsc1.COCCOc1ccsc1.COCCOc1ccsc1B(O)O. The summed E-state index contributed by atoms with van der Waals surface area (Å²) >= 11 is 7.87. The predicted molar refractivity (Wildman–Crippen MR) is 125 cm³/mol. The molecule has 29 heavy (non-hydrogen) atoms. The lowest BCUT2D eigenvalue weighted by Gasteiger charge is -2.05. The van der Waals surface area contributed by atoms with Crippen molar-refractivity contribution in [3.05, 3.63) is 49.6 Å². The highest BCUT2D eigenvalue weighted by Crippen LogP contribution is 2.14. The Kier molecular flexibility index (Phi) is 15.2. The first kappa shape index (κ1) is 26.1. The maximum absolute atomic E-state index is 8.90.